The molecule has 138 valence electrons. The molecule has 26 heavy (non-hydrogen) atoms. The quantitative estimate of drug-likeness (QED) is 0.852. The Labute approximate surface area is 156 Å². The maximum absolute atomic E-state index is 12.8. The summed E-state index contributed by atoms with van der Waals surface area (Å²) in [5.74, 6) is 2.02. The standard InChI is InChI=1S/C20H24N2O3S/c1-25-14-2-3-15-16(5-14)26-18(21-15)22-17(23)10-19-6-12-4-13(7-19)9-20(24,8-12)11-19/h2-3,5,12-13,24H,4,6-11H2,1H3,(H,21,22,23). The van der Waals surface area contributed by atoms with Gasteiger partial charge in [0.25, 0.3) is 0 Å². The van der Waals surface area contributed by atoms with Gasteiger partial charge in [-0.25, -0.2) is 4.98 Å². The van der Waals surface area contributed by atoms with Crippen LogP contribution in [0.3, 0.4) is 0 Å². The van der Waals surface area contributed by atoms with E-state index in [1.807, 2.05) is 18.2 Å². The van der Waals surface area contributed by atoms with Gasteiger partial charge in [-0.1, -0.05) is 11.3 Å². The molecule has 4 aliphatic rings. The van der Waals surface area contributed by atoms with Gasteiger partial charge in [0.05, 0.1) is 22.9 Å². The number of hydrogen-bond donors (Lipinski definition) is 2. The molecule has 0 radical (unpaired) electrons. The number of aromatic nitrogens is 1. The highest BCUT2D eigenvalue weighted by Crippen LogP contribution is 2.62. The summed E-state index contributed by atoms with van der Waals surface area (Å²) in [4.78, 5) is 17.3. The van der Waals surface area contributed by atoms with Crippen molar-refractivity contribution >= 4 is 32.6 Å². The molecule has 0 aliphatic heterocycles. The van der Waals surface area contributed by atoms with Crippen molar-refractivity contribution in [3.63, 3.8) is 0 Å². The lowest BCUT2D eigenvalue weighted by molar-refractivity contribution is -0.167. The van der Waals surface area contributed by atoms with Crippen molar-refractivity contribution in [1.82, 2.24) is 4.98 Å². The molecule has 4 bridgehead atoms. The first kappa shape index (κ1) is 16.5. The Bertz CT molecular complexity index is 863. The summed E-state index contributed by atoms with van der Waals surface area (Å²) in [6.07, 6.45) is 6.59. The van der Waals surface area contributed by atoms with E-state index in [1.165, 1.54) is 17.8 Å². The molecule has 1 heterocycles. The zero-order chi connectivity index (χ0) is 17.9. The second kappa shape index (κ2) is 5.67. The van der Waals surface area contributed by atoms with Crippen molar-refractivity contribution in [2.45, 2.75) is 50.5 Å². The number of amides is 1. The minimum atomic E-state index is -0.517. The lowest BCUT2D eigenvalue weighted by atomic mass is 9.47. The summed E-state index contributed by atoms with van der Waals surface area (Å²) < 4.78 is 6.25. The van der Waals surface area contributed by atoms with Gasteiger partial charge in [-0.2, -0.15) is 0 Å². The van der Waals surface area contributed by atoms with Crippen LogP contribution < -0.4 is 10.1 Å². The molecule has 4 saturated carbocycles. The Morgan fingerprint density at radius 1 is 1.35 bits per heavy atom. The molecule has 2 N–H and O–H groups in total. The average molecular weight is 372 g/mol. The number of fused-ring (bicyclic) bond motifs is 1. The topological polar surface area (TPSA) is 71.5 Å². The predicted octanol–water partition coefficient (Wildman–Crippen LogP) is 3.96. The first-order valence-corrected chi connectivity index (χ1v) is 10.2. The highest BCUT2D eigenvalue weighted by Gasteiger charge is 2.57. The average Bonchev–Trinajstić information content (AvgIpc) is 2.92. The van der Waals surface area contributed by atoms with E-state index in [0.29, 0.717) is 23.4 Å². The molecule has 1 aromatic carbocycles. The summed E-state index contributed by atoms with van der Waals surface area (Å²) in [6.45, 7) is 0. The molecule has 6 rings (SSSR count). The van der Waals surface area contributed by atoms with Crippen molar-refractivity contribution in [2.24, 2.45) is 17.3 Å². The number of rotatable bonds is 4. The largest absolute Gasteiger partial charge is 0.497 e. The van der Waals surface area contributed by atoms with E-state index < -0.39 is 5.60 Å². The molecular weight excluding hydrogens is 348 g/mol. The zero-order valence-corrected chi connectivity index (χ0v) is 15.8. The molecular formula is C20H24N2O3S. The third kappa shape index (κ3) is 2.79. The van der Waals surface area contributed by atoms with Crippen LogP contribution >= 0.6 is 11.3 Å². The highest BCUT2D eigenvalue weighted by atomic mass is 32.1. The lowest BCUT2D eigenvalue weighted by Crippen LogP contribution is -2.56. The van der Waals surface area contributed by atoms with Gasteiger partial charge in [0.2, 0.25) is 5.91 Å². The molecule has 5 nitrogen and oxygen atoms in total. The number of carbonyl (C=O) groups excluding carboxylic acids is 1. The van der Waals surface area contributed by atoms with E-state index >= 15 is 0 Å². The predicted molar refractivity (Wildman–Crippen MR) is 101 cm³/mol. The van der Waals surface area contributed by atoms with Crippen LogP contribution in [0, 0.1) is 17.3 Å². The highest BCUT2D eigenvalue weighted by molar-refractivity contribution is 7.22. The number of ether oxygens (including phenoxy) is 1. The van der Waals surface area contributed by atoms with Crippen molar-refractivity contribution in [3.8, 4) is 5.75 Å². The lowest BCUT2D eigenvalue weighted by Gasteiger charge is -2.60. The van der Waals surface area contributed by atoms with Crippen LogP contribution in [0.15, 0.2) is 18.2 Å². The van der Waals surface area contributed by atoms with Gasteiger partial charge in [-0.3, -0.25) is 4.79 Å². The molecule has 0 saturated heterocycles. The SMILES string of the molecule is COc1ccc2nc(NC(=O)CC34CC5CC(CC(O)(C5)C3)C4)sc2c1. The van der Waals surface area contributed by atoms with E-state index in [1.54, 1.807) is 7.11 Å². The van der Waals surface area contributed by atoms with Gasteiger partial charge < -0.3 is 15.2 Å². The van der Waals surface area contributed by atoms with Gasteiger partial charge in [0.15, 0.2) is 5.13 Å². The Hall–Kier alpha value is -1.66. The maximum atomic E-state index is 12.8. The van der Waals surface area contributed by atoms with Gasteiger partial charge in [0, 0.05) is 6.42 Å². The fourth-order valence-corrected chi connectivity index (χ4v) is 7.11. The molecule has 2 atom stereocenters. The maximum Gasteiger partial charge on any atom is 0.226 e. The van der Waals surface area contributed by atoms with E-state index in [2.05, 4.69) is 10.3 Å². The molecule has 0 spiro atoms. The summed E-state index contributed by atoms with van der Waals surface area (Å²) in [5.41, 5.74) is 0.342. The third-order valence-corrected chi connectivity index (χ3v) is 7.46. The number of aliphatic hydroxyl groups is 1. The summed E-state index contributed by atoms with van der Waals surface area (Å²) >= 11 is 1.47. The summed E-state index contributed by atoms with van der Waals surface area (Å²) in [5, 5.41) is 14.5. The number of thiazole rings is 1. The van der Waals surface area contributed by atoms with Crippen molar-refractivity contribution in [3.05, 3.63) is 18.2 Å². The Morgan fingerprint density at radius 3 is 2.81 bits per heavy atom. The molecule has 6 heteroatoms. The van der Waals surface area contributed by atoms with Crippen LogP contribution in [0.4, 0.5) is 5.13 Å². The molecule has 2 aromatic rings. The number of nitrogens with zero attached hydrogens (tertiary/aromatic N) is 1. The van der Waals surface area contributed by atoms with Crippen LogP contribution in [0.2, 0.25) is 0 Å². The monoisotopic (exact) mass is 372 g/mol. The number of anilines is 1. The number of nitrogens with one attached hydrogen (secondary N) is 1. The van der Waals surface area contributed by atoms with E-state index in [9.17, 15) is 9.90 Å². The van der Waals surface area contributed by atoms with Crippen LogP contribution in [0.1, 0.15) is 44.9 Å². The molecule has 2 unspecified atom stereocenters. The molecule has 4 fully saturated rings. The van der Waals surface area contributed by atoms with Crippen molar-refractivity contribution in [1.29, 1.82) is 0 Å². The van der Waals surface area contributed by atoms with E-state index in [4.69, 9.17) is 4.74 Å². The Balaban J connectivity index is 1.32. The van der Waals surface area contributed by atoms with E-state index in [0.717, 1.165) is 48.1 Å². The normalized spacial score (nSPS) is 35.0. The van der Waals surface area contributed by atoms with Crippen LogP contribution in [-0.2, 0) is 4.79 Å². The third-order valence-electron chi connectivity index (χ3n) is 6.53. The van der Waals surface area contributed by atoms with Gasteiger partial charge in [-0.15, -0.1) is 0 Å². The van der Waals surface area contributed by atoms with Gasteiger partial charge in [-0.05, 0) is 74.0 Å². The number of hydrogen-bond acceptors (Lipinski definition) is 5. The minimum absolute atomic E-state index is 0.0111. The smallest absolute Gasteiger partial charge is 0.226 e. The van der Waals surface area contributed by atoms with Gasteiger partial charge >= 0.3 is 0 Å². The van der Waals surface area contributed by atoms with Crippen molar-refractivity contribution < 1.29 is 14.6 Å². The van der Waals surface area contributed by atoms with E-state index in [-0.39, 0.29) is 11.3 Å². The Morgan fingerprint density at radius 2 is 2.12 bits per heavy atom. The minimum Gasteiger partial charge on any atom is -0.497 e. The second-order valence-corrected chi connectivity index (χ2v) is 9.79. The fourth-order valence-electron chi connectivity index (χ4n) is 6.20. The summed E-state index contributed by atoms with van der Waals surface area (Å²) in [6, 6.07) is 5.73. The zero-order valence-electron chi connectivity index (χ0n) is 15.0. The number of carbonyl (C=O) groups is 1. The number of methoxy groups -OCH3 is 1. The Kier molecular flexibility index (Phi) is 3.60. The molecule has 4 aliphatic carbocycles. The second-order valence-electron chi connectivity index (χ2n) is 8.76. The first-order valence-electron chi connectivity index (χ1n) is 9.41. The van der Waals surface area contributed by atoms with Crippen LogP contribution in [0.25, 0.3) is 10.2 Å². The summed E-state index contributed by atoms with van der Waals surface area (Å²) in [7, 11) is 1.64. The van der Waals surface area contributed by atoms with Crippen molar-refractivity contribution in [2.75, 3.05) is 12.4 Å². The van der Waals surface area contributed by atoms with Crippen LogP contribution in [-0.4, -0.2) is 28.7 Å². The first-order chi connectivity index (χ1) is 12.4. The molecule has 1 amide bonds. The molecule has 1 aromatic heterocycles. The fraction of sp³-hybridized carbons (Fsp3) is 0.600. The van der Waals surface area contributed by atoms with Gasteiger partial charge in [0.1, 0.15) is 5.75 Å². The van der Waals surface area contributed by atoms with Crippen LogP contribution in [0.5, 0.6) is 5.75 Å². The number of benzene rings is 1.